The molecule has 1 N–H and O–H groups in total. The first-order valence-corrected chi connectivity index (χ1v) is 13.6. The number of hydrogen-bond acceptors (Lipinski definition) is 3. The number of benzene rings is 4. The van der Waals surface area contributed by atoms with Gasteiger partial charge in [-0.15, -0.1) is 0 Å². The van der Waals surface area contributed by atoms with Crippen molar-refractivity contribution < 1.29 is 0 Å². The lowest BCUT2D eigenvalue weighted by Crippen LogP contribution is -2.31. The van der Waals surface area contributed by atoms with Gasteiger partial charge in [0.1, 0.15) is 0 Å². The Morgan fingerprint density at radius 2 is 1.45 bits per heavy atom. The van der Waals surface area contributed by atoms with E-state index in [0.717, 1.165) is 30.2 Å². The number of nitrogens with one attached hydrogen (secondary N) is 1. The van der Waals surface area contributed by atoms with E-state index in [9.17, 15) is 0 Å². The summed E-state index contributed by atoms with van der Waals surface area (Å²) in [6.45, 7) is 10.6. The van der Waals surface area contributed by atoms with E-state index >= 15 is 0 Å². The van der Waals surface area contributed by atoms with E-state index in [4.69, 9.17) is 4.98 Å². The molecule has 0 amide bonds. The largest absolute Gasteiger partial charge is 0.381 e. The van der Waals surface area contributed by atoms with Crippen molar-refractivity contribution in [1.82, 2.24) is 4.98 Å². The third kappa shape index (κ3) is 5.57. The molecule has 3 heteroatoms. The first-order valence-electron chi connectivity index (χ1n) is 13.6. The van der Waals surface area contributed by atoms with Gasteiger partial charge in [-0.3, -0.25) is 4.98 Å². The van der Waals surface area contributed by atoms with Crippen molar-refractivity contribution in [2.75, 3.05) is 10.2 Å². The van der Waals surface area contributed by atoms with Crippen molar-refractivity contribution in [3.05, 3.63) is 126 Å². The van der Waals surface area contributed by atoms with Crippen LogP contribution in [0.1, 0.15) is 50.4 Å². The Balaban J connectivity index is 1.53. The van der Waals surface area contributed by atoms with Gasteiger partial charge in [0, 0.05) is 29.5 Å². The van der Waals surface area contributed by atoms with Gasteiger partial charge < -0.3 is 10.2 Å². The summed E-state index contributed by atoms with van der Waals surface area (Å²) in [7, 11) is 0. The molecule has 0 fully saturated rings. The predicted molar refractivity (Wildman–Crippen MR) is 163 cm³/mol. The summed E-state index contributed by atoms with van der Waals surface area (Å²) in [5.74, 6) is 0.460. The summed E-state index contributed by atoms with van der Waals surface area (Å²) in [4.78, 5) is 7.74. The SMILES string of the molecule is CC(C)c1ccccc1N(Cc1cccc(-c2c(CNc3ccccc3)ccc3ccccc23)n1)C(C)C. The van der Waals surface area contributed by atoms with Crippen molar-refractivity contribution in [1.29, 1.82) is 0 Å². The van der Waals surface area contributed by atoms with Gasteiger partial charge in [-0.1, -0.05) is 92.7 Å². The van der Waals surface area contributed by atoms with Gasteiger partial charge in [0.2, 0.25) is 0 Å². The van der Waals surface area contributed by atoms with Crippen molar-refractivity contribution in [3.8, 4) is 11.3 Å². The lowest BCUT2D eigenvalue weighted by atomic mass is 9.95. The van der Waals surface area contributed by atoms with Crippen LogP contribution in [0.3, 0.4) is 0 Å². The van der Waals surface area contributed by atoms with Gasteiger partial charge in [-0.2, -0.15) is 0 Å². The van der Waals surface area contributed by atoms with Gasteiger partial charge >= 0.3 is 0 Å². The normalized spacial score (nSPS) is 11.3. The molecule has 1 aromatic heterocycles. The second-order valence-electron chi connectivity index (χ2n) is 10.5. The van der Waals surface area contributed by atoms with E-state index in [2.05, 4.69) is 141 Å². The summed E-state index contributed by atoms with van der Waals surface area (Å²) in [5.41, 5.74) is 8.32. The number of para-hydroxylation sites is 2. The molecule has 38 heavy (non-hydrogen) atoms. The lowest BCUT2D eigenvalue weighted by molar-refractivity contribution is 0.666. The number of nitrogens with zero attached hydrogens (tertiary/aromatic N) is 2. The van der Waals surface area contributed by atoms with Gasteiger partial charge in [0.25, 0.3) is 0 Å². The fourth-order valence-corrected chi connectivity index (χ4v) is 5.18. The summed E-state index contributed by atoms with van der Waals surface area (Å²) >= 11 is 0. The highest BCUT2D eigenvalue weighted by Crippen LogP contribution is 2.33. The molecule has 0 spiro atoms. The van der Waals surface area contributed by atoms with Crippen molar-refractivity contribution in [2.24, 2.45) is 0 Å². The molecule has 0 bridgehead atoms. The topological polar surface area (TPSA) is 28.2 Å². The second-order valence-corrected chi connectivity index (χ2v) is 10.5. The lowest BCUT2D eigenvalue weighted by Gasteiger charge is -2.31. The molecular weight excluding hydrogens is 462 g/mol. The smallest absolute Gasteiger partial charge is 0.0715 e. The van der Waals surface area contributed by atoms with Gasteiger partial charge in [0.05, 0.1) is 17.9 Å². The van der Waals surface area contributed by atoms with E-state index < -0.39 is 0 Å². The average Bonchev–Trinajstić information content (AvgIpc) is 2.95. The van der Waals surface area contributed by atoms with Gasteiger partial charge in [0.15, 0.2) is 0 Å². The van der Waals surface area contributed by atoms with E-state index in [1.807, 2.05) is 6.07 Å². The molecule has 5 aromatic rings. The van der Waals surface area contributed by atoms with Gasteiger partial charge in [-0.25, -0.2) is 0 Å². The summed E-state index contributed by atoms with van der Waals surface area (Å²) < 4.78 is 0. The number of anilines is 2. The zero-order valence-electron chi connectivity index (χ0n) is 22.9. The third-order valence-electron chi connectivity index (χ3n) is 7.16. The van der Waals surface area contributed by atoms with Crippen LogP contribution in [-0.4, -0.2) is 11.0 Å². The van der Waals surface area contributed by atoms with Crippen molar-refractivity contribution >= 4 is 22.1 Å². The van der Waals surface area contributed by atoms with Crippen LogP contribution >= 0.6 is 0 Å². The molecule has 1 heterocycles. The molecule has 4 aromatic carbocycles. The summed E-state index contributed by atoms with van der Waals surface area (Å²) in [5, 5.41) is 6.06. The van der Waals surface area contributed by atoms with E-state index in [1.54, 1.807) is 0 Å². The molecule has 0 unspecified atom stereocenters. The maximum Gasteiger partial charge on any atom is 0.0715 e. The minimum absolute atomic E-state index is 0.351. The van der Waals surface area contributed by atoms with Crippen LogP contribution in [0.2, 0.25) is 0 Å². The first kappa shape index (κ1) is 25.5. The van der Waals surface area contributed by atoms with E-state index in [1.165, 1.54) is 33.2 Å². The van der Waals surface area contributed by atoms with Crippen LogP contribution in [0.15, 0.2) is 109 Å². The highest BCUT2D eigenvalue weighted by Gasteiger charge is 2.18. The maximum absolute atomic E-state index is 5.26. The summed E-state index contributed by atoms with van der Waals surface area (Å²) in [6.07, 6.45) is 0. The quantitative estimate of drug-likeness (QED) is 0.219. The molecule has 0 atom stereocenters. The van der Waals surface area contributed by atoms with Crippen LogP contribution in [0, 0.1) is 0 Å². The molecular formula is C35H37N3. The fraction of sp³-hybridized carbons (Fsp3) is 0.229. The van der Waals surface area contributed by atoms with Crippen molar-refractivity contribution in [3.63, 3.8) is 0 Å². The minimum Gasteiger partial charge on any atom is -0.381 e. The average molecular weight is 500 g/mol. The molecule has 0 saturated heterocycles. The highest BCUT2D eigenvalue weighted by molar-refractivity contribution is 5.97. The molecule has 0 saturated carbocycles. The molecule has 0 aliphatic carbocycles. The molecule has 0 aliphatic heterocycles. The van der Waals surface area contributed by atoms with Crippen LogP contribution in [0.4, 0.5) is 11.4 Å². The Labute approximate surface area is 227 Å². The first-order chi connectivity index (χ1) is 18.5. The number of hydrogen-bond donors (Lipinski definition) is 1. The predicted octanol–water partition coefficient (Wildman–Crippen LogP) is 9.05. The monoisotopic (exact) mass is 499 g/mol. The van der Waals surface area contributed by atoms with Crippen LogP contribution in [-0.2, 0) is 13.1 Å². The summed E-state index contributed by atoms with van der Waals surface area (Å²) in [6, 6.07) is 39.0. The molecule has 192 valence electrons. The Morgan fingerprint density at radius 3 is 2.24 bits per heavy atom. The zero-order valence-corrected chi connectivity index (χ0v) is 22.9. The van der Waals surface area contributed by atoms with Gasteiger partial charge in [-0.05, 0) is 72.0 Å². The number of rotatable bonds is 9. The third-order valence-corrected chi connectivity index (χ3v) is 7.16. The van der Waals surface area contributed by atoms with E-state index in [-0.39, 0.29) is 0 Å². The minimum atomic E-state index is 0.351. The second kappa shape index (κ2) is 11.5. The van der Waals surface area contributed by atoms with Crippen LogP contribution in [0.5, 0.6) is 0 Å². The number of aromatic nitrogens is 1. The molecule has 3 nitrogen and oxygen atoms in total. The van der Waals surface area contributed by atoms with Crippen LogP contribution in [0.25, 0.3) is 22.0 Å². The maximum atomic E-state index is 5.26. The number of fused-ring (bicyclic) bond motifs is 1. The van der Waals surface area contributed by atoms with Crippen molar-refractivity contribution in [2.45, 2.75) is 52.7 Å². The van der Waals surface area contributed by atoms with E-state index in [0.29, 0.717) is 12.0 Å². The molecule has 0 aliphatic rings. The fourth-order valence-electron chi connectivity index (χ4n) is 5.18. The Hall–Kier alpha value is -4.11. The standard InChI is InChI=1S/C35H37N3/c1-25(2)31-17-10-11-20-34(31)38(26(3)4)24-30-16-12-19-33(37-30)35-28(23-36-29-14-6-5-7-15-29)22-21-27-13-8-9-18-32(27)35/h5-22,25-26,36H,23-24H2,1-4H3. The Bertz CT molecular complexity index is 1500. The molecule has 0 radical (unpaired) electrons. The Kier molecular flexibility index (Phi) is 7.74. The zero-order chi connectivity index (χ0) is 26.5. The number of pyridine rings is 1. The van der Waals surface area contributed by atoms with Crippen LogP contribution < -0.4 is 10.2 Å². The Morgan fingerprint density at radius 1 is 0.711 bits per heavy atom. The highest BCUT2D eigenvalue weighted by atomic mass is 15.2. The molecule has 5 rings (SSSR count).